The van der Waals surface area contributed by atoms with E-state index in [9.17, 15) is 4.79 Å². The molecular formula is C18H20N2O2. The zero-order valence-electron chi connectivity index (χ0n) is 12.6. The Balaban J connectivity index is 1.81. The third-order valence-electron chi connectivity index (χ3n) is 3.92. The number of anilines is 1. The smallest absolute Gasteiger partial charge is 0.241 e. The molecule has 1 amide bonds. The Morgan fingerprint density at radius 1 is 1.23 bits per heavy atom. The minimum Gasteiger partial charge on any atom is -0.496 e. The van der Waals surface area contributed by atoms with Gasteiger partial charge in [-0.25, -0.2) is 0 Å². The highest BCUT2D eigenvalue weighted by atomic mass is 16.5. The summed E-state index contributed by atoms with van der Waals surface area (Å²) in [4.78, 5) is 12.2. The quantitative estimate of drug-likeness (QED) is 0.911. The van der Waals surface area contributed by atoms with E-state index < -0.39 is 0 Å². The van der Waals surface area contributed by atoms with E-state index in [4.69, 9.17) is 4.74 Å². The number of methoxy groups -OCH3 is 1. The molecule has 0 spiro atoms. The van der Waals surface area contributed by atoms with Gasteiger partial charge in [-0.05, 0) is 43.1 Å². The van der Waals surface area contributed by atoms with Gasteiger partial charge in [0.05, 0.1) is 13.2 Å². The molecule has 1 heterocycles. The molecule has 1 saturated heterocycles. The number of hydrogen-bond donors (Lipinski definition) is 2. The molecule has 114 valence electrons. The molecule has 2 aromatic rings. The van der Waals surface area contributed by atoms with Crippen molar-refractivity contribution in [1.82, 2.24) is 5.32 Å². The van der Waals surface area contributed by atoms with Crippen molar-refractivity contribution in [3.8, 4) is 16.9 Å². The van der Waals surface area contributed by atoms with E-state index in [2.05, 4.69) is 10.6 Å². The zero-order valence-corrected chi connectivity index (χ0v) is 12.6. The molecular weight excluding hydrogens is 276 g/mol. The van der Waals surface area contributed by atoms with Gasteiger partial charge in [0.25, 0.3) is 0 Å². The molecule has 4 nitrogen and oxygen atoms in total. The van der Waals surface area contributed by atoms with E-state index >= 15 is 0 Å². The van der Waals surface area contributed by atoms with Gasteiger partial charge in [0.2, 0.25) is 5.91 Å². The number of carbonyl (C=O) groups is 1. The lowest BCUT2D eigenvalue weighted by molar-refractivity contribution is -0.117. The van der Waals surface area contributed by atoms with Gasteiger partial charge in [-0.3, -0.25) is 4.79 Å². The first kappa shape index (κ1) is 14.6. The van der Waals surface area contributed by atoms with Crippen LogP contribution in [0.1, 0.15) is 12.8 Å². The number of amides is 1. The highest BCUT2D eigenvalue weighted by Gasteiger charge is 2.21. The molecule has 0 saturated carbocycles. The Labute approximate surface area is 130 Å². The molecule has 0 bridgehead atoms. The van der Waals surface area contributed by atoms with E-state index in [1.807, 2.05) is 48.5 Å². The van der Waals surface area contributed by atoms with Crippen LogP contribution in [-0.2, 0) is 4.79 Å². The fourth-order valence-corrected chi connectivity index (χ4v) is 2.79. The van der Waals surface area contributed by atoms with Crippen LogP contribution in [0.2, 0.25) is 0 Å². The summed E-state index contributed by atoms with van der Waals surface area (Å²) in [5.74, 6) is 0.859. The summed E-state index contributed by atoms with van der Waals surface area (Å²) in [7, 11) is 1.66. The minimum atomic E-state index is -0.0742. The minimum absolute atomic E-state index is 0.0367. The van der Waals surface area contributed by atoms with Crippen molar-refractivity contribution in [3.05, 3.63) is 48.5 Å². The maximum absolute atomic E-state index is 12.2. The first-order valence-corrected chi connectivity index (χ1v) is 7.55. The predicted molar refractivity (Wildman–Crippen MR) is 88.1 cm³/mol. The van der Waals surface area contributed by atoms with Crippen LogP contribution in [0.3, 0.4) is 0 Å². The van der Waals surface area contributed by atoms with Gasteiger partial charge in [0.1, 0.15) is 5.75 Å². The van der Waals surface area contributed by atoms with Crippen molar-refractivity contribution in [2.45, 2.75) is 18.9 Å². The third-order valence-corrected chi connectivity index (χ3v) is 3.92. The summed E-state index contributed by atoms with van der Waals surface area (Å²) in [6, 6.07) is 15.6. The number of benzene rings is 2. The summed E-state index contributed by atoms with van der Waals surface area (Å²) >= 11 is 0. The van der Waals surface area contributed by atoms with E-state index in [1.54, 1.807) is 7.11 Å². The number of ether oxygens (including phenoxy) is 1. The van der Waals surface area contributed by atoms with Gasteiger partial charge in [-0.15, -0.1) is 0 Å². The van der Waals surface area contributed by atoms with Crippen molar-refractivity contribution >= 4 is 11.6 Å². The van der Waals surface area contributed by atoms with Gasteiger partial charge in [-0.2, -0.15) is 0 Å². The van der Waals surface area contributed by atoms with E-state index in [1.165, 1.54) is 0 Å². The fraction of sp³-hybridized carbons (Fsp3) is 0.278. The monoisotopic (exact) mass is 296 g/mol. The van der Waals surface area contributed by atoms with Gasteiger partial charge >= 0.3 is 0 Å². The standard InChI is InChI=1S/C18H20N2O2/c1-22-17-10-3-2-8-15(17)13-6-4-7-14(12-13)20-18(21)16-9-5-11-19-16/h2-4,6-8,10,12,16,19H,5,9,11H2,1H3,(H,20,21). The number of para-hydroxylation sites is 1. The highest BCUT2D eigenvalue weighted by Crippen LogP contribution is 2.31. The van der Waals surface area contributed by atoms with Gasteiger partial charge < -0.3 is 15.4 Å². The topological polar surface area (TPSA) is 50.4 Å². The number of rotatable bonds is 4. The lowest BCUT2D eigenvalue weighted by atomic mass is 10.0. The van der Waals surface area contributed by atoms with Crippen LogP contribution in [0.4, 0.5) is 5.69 Å². The second-order valence-corrected chi connectivity index (χ2v) is 5.42. The first-order valence-electron chi connectivity index (χ1n) is 7.55. The molecule has 22 heavy (non-hydrogen) atoms. The number of hydrogen-bond acceptors (Lipinski definition) is 3. The average molecular weight is 296 g/mol. The van der Waals surface area contributed by atoms with Crippen LogP contribution in [0.5, 0.6) is 5.75 Å². The molecule has 1 atom stereocenters. The molecule has 0 aliphatic carbocycles. The average Bonchev–Trinajstić information content (AvgIpc) is 3.10. The van der Waals surface area contributed by atoms with Crippen molar-refractivity contribution in [3.63, 3.8) is 0 Å². The maximum atomic E-state index is 12.2. The van der Waals surface area contributed by atoms with Crippen molar-refractivity contribution < 1.29 is 9.53 Å². The highest BCUT2D eigenvalue weighted by molar-refractivity contribution is 5.95. The Morgan fingerprint density at radius 2 is 2.09 bits per heavy atom. The summed E-state index contributed by atoms with van der Waals surface area (Å²) in [5, 5.41) is 6.20. The normalized spacial score (nSPS) is 17.2. The zero-order chi connectivity index (χ0) is 15.4. The predicted octanol–water partition coefficient (Wildman–Crippen LogP) is 3.05. The first-order chi connectivity index (χ1) is 10.8. The largest absolute Gasteiger partial charge is 0.496 e. The van der Waals surface area contributed by atoms with Gasteiger partial charge in [-0.1, -0.05) is 30.3 Å². The lowest BCUT2D eigenvalue weighted by Crippen LogP contribution is -2.35. The van der Waals surface area contributed by atoms with Crippen LogP contribution in [0.25, 0.3) is 11.1 Å². The third kappa shape index (κ3) is 3.12. The summed E-state index contributed by atoms with van der Waals surface area (Å²) < 4.78 is 5.40. The summed E-state index contributed by atoms with van der Waals surface area (Å²) in [5.41, 5.74) is 2.84. The molecule has 0 aromatic heterocycles. The maximum Gasteiger partial charge on any atom is 0.241 e. The number of carbonyl (C=O) groups excluding carboxylic acids is 1. The van der Waals surface area contributed by atoms with Crippen LogP contribution in [0.15, 0.2) is 48.5 Å². The Morgan fingerprint density at radius 3 is 2.86 bits per heavy atom. The summed E-state index contributed by atoms with van der Waals surface area (Å²) in [6.45, 7) is 0.916. The van der Waals surface area contributed by atoms with Crippen LogP contribution in [0, 0.1) is 0 Å². The summed E-state index contributed by atoms with van der Waals surface area (Å²) in [6.07, 6.45) is 1.96. The molecule has 1 unspecified atom stereocenters. The molecule has 4 heteroatoms. The SMILES string of the molecule is COc1ccccc1-c1cccc(NC(=O)C2CCCN2)c1. The van der Waals surface area contributed by atoms with Gasteiger partial charge in [0.15, 0.2) is 0 Å². The van der Waals surface area contributed by atoms with Gasteiger partial charge in [0, 0.05) is 11.3 Å². The van der Waals surface area contributed by atoms with Crippen LogP contribution >= 0.6 is 0 Å². The van der Waals surface area contributed by atoms with Crippen LogP contribution < -0.4 is 15.4 Å². The molecule has 0 radical (unpaired) electrons. The van der Waals surface area contributed by atoms with Crippen molar-refractivity contribution in [2.75, 3.05) is 19.0 Å². The Hall–Kier alpha value is -2.33. The lowest BCUT2D eigenvalue weighted by Gasteiger charge is -2.13. The Kier molecular flexibility index (Phi) is 4.39. The number of nitrogens with one attached hydrogen (secondary N) is 2. The molecule has 1 aliphatic rings. The van der Waals surface area contributed by atoms with Crippen LogP contribution in [-0.4, -0.2) is 25.6 Å². The molecule has 1 fully saturated rings. The van der Waals surface area contributed by atoms with Crippen molar-refractivity contribution in [2.24, 2.45) is 0 Å². The van der Waals surface area contributed by atoms with E-state index in [0.717, 1.165) is 42.0 Å². The molecule has 1 aliphatic heterocycles. The van der Waals surface area contributed by atoms with Crippen molar-refractivity contribution in [1.29, 1.82) is 0 Å². The Bertz CT molecular complexity index is 664. The van der Waals surface area contributed by atoms with E-state index in [0.29, 0.717) is 0 Å². The second-order valence-electron chi connectivity index (χ2n) is 5.42. The van der Waals surface area contributed by atoms with E-state index in [-0.39, 0.29) is 11.9 Å². The second kappa shape index (κ2) is 6.62. The molecule has 3 rings (SSSR count). The fourth-order valence-electron chi connectivity index (χ4n) is 2.79. The molecule has 2 N–H and O–H groups in total. The molecule has 2 aromatic carbocycles.